The Morgan fingerprint density at radius 1 is 1.19 bits per heavy atom. The van der Waals surface area contributed by atoms with Crippen LogP contribution >= 0.6 is 0 Å². The first-order valence-electron chi connectivity index (χ1n) is 13.0. The molecule has 0 aliphatic carbocycles. The van der Waals surface area contributed by atoms with E-state index in [1.54, 1.807) is 0 Å². The summed E-state index contributed by atoms with van der Waals surface area (Å²) >= 11 is 0. The molecule has 0 saturated carbocycles. The Morgan fingerprint density at radius 3 is 2.68 bits per heavy atom. The van der Waals surface area contributed by atoms with Crippen LogP contribution in [-0.2, 0) is 14.3 Å². The minimum absolute atomic E-state index is 0.0932. The summed E-state index contributed by atoms with van der Waals surface area (Å²) in [5.74, 6) is 1.03. The van der Waals surface area contributed by atoms with Gasteiger partial charge in [-0.05, 0) is 36.8 Å². The summed E-state index contributed by atoms with van der Waals surface area (Å²) in [6.45, 7) is 6.97. The van der Waals surface area contributed by atoms with Crippen LogP contribution in [-0.4, -0.2) is 86.1 Å². The number of benzene rings is 2. The highest BCUT2D eigenvalue weighted by atomic mass is 16.5. The maximum Gasteiger partial charge on any atom is 0.252 e. The molecule has 1 amide bonds. The van der Waals surface area contributed by atoms with E-state index in [2.05, 4.69) is 10.2 Å². The molecule has 8 nitrogen and oxygen atoms in total. The van der Waals surface area contributed by atoms with Crippen molar-refractivity contribution in [3.63, 3.8) is 0 Å². The van der Waals surface area contributed by atoms with Crippen molar-refractivity contribution >= 4 is 17.9 Å². The van der Waals surface area contributed by atoms with E-state index in [-0.39, 0.29) is 12.5 Å². The van der Waals surface area contributed by atoms with E-state index < -0.39 is 11.6 Å². The number of nitrogens with zero attached hydrogens (tertiary/aromatic N) is 2. The fraction of sp³-hybridized carbons (Fsp3) is 0.448. The molecule has 198 valence electrons. The number of rotatable bonds is 12. The molecule has 2 aliphatic rings. The third kappa shape index (κ3) is 7.19. The van der Waals surface area contributed by atoms with E-state index in [4.69, 9.17) is 24.3 Å². The van der Waals surface area contributed by atoms with Gasteiger partial charge in [-0.25, -0.2) is 4.99 Å². The number of aliphatic hydroxyl groups excluding tert-OH is 1. The molecule has 0 bridgehead atoms. The van der Waals surface area contributed by atoms with E-state index in [1.165, 1.54) is 0 Å². The van der Waals surface area contributed by atoms with E-state index in [1.807, 2.05) is 73.7 Å². The highest BCUT2D eigenvalue weighted by molar-refractivity contribution is 6.00. The Labute approximate surface area is 218 Å². The predicted molar refractivity (Wildman–Crippen MR) is 144 cm³/mol. The zero-order chi connectivity index (χ0) is 25.9. The van der Waals surface area contributed by atoms with Crippen molar-refractivity contribution in [2.45, 2.75) is 31.4 Å². The molecule has 0 unspecified atom stereocenters. The average molecular weight is 508 g/mol. The van der Waals surface area contributed by atoms with Gasteiger partial charge in [0.05, 0.1) is 19.8 Å². The summed E-state index contributed by atoms with van der Waals surface area (Å²) in [5.41, 5.74) is 0.788. The molecule has 37 heavy (non-hydrogen) atoms. The molecule has 0 aromatic heterocycles. The van der Waals surface area contributed by atoms with Crippen LogP contribution in [0, 0.1) is 0 Å². The van der Waals surface area contributed by atoms with E-state index in [0.717, 1.165) is 44.0 Å². The number of hydrogen-bond acceptors (Lipinski definition) is 7. The molecule has 2 aromatic rings. The molecule has 2 atom stereocenters. The quantitative estimate of drug-likeness (QED) is 0.429. The number of amides is 1. The Hall–Kier alpha value is -3.20. The summed E-state index contributed by atoms with van der Waals surface area (Å²) in [7, 11) is 0. The molecule has 2 N–H and O–H groups in total. The molecule has 0 radical (unpaired) electrons. The normalized spacial score (nSPS) is 22.0. The minimum atomic E-state index is -1.07. The van der Waals surface area contributed by atoms with Gasteiger partial charge in [-0.15, -0.1) is 0 Å². The van der Waals surface area contributed by atoms with Gasteiger partial charge in [0.15, 0.2) is 5.54 Å². The summed E-state index contributed by atoms with van der Waals surface area (Å²) in [5, 5.41) is 12.1. The highest BCUT2D eigenvalue weighted by Gasteiger charge is 2.49. The van der Waals surface area contributed by atoms with Crippen LogP contribution in [0.5, 0.6) is 5.75 Å². The van der Waals surface area contributed by atoms with E-state index >= 15 is 0 Å². The zero-order valence-corrected chi connectivity index (χ0v) is 21.5. The molecular weight excluding hydrogens is 470 g/mol. The molecule has 1 saturated heterocycles. The number of morpholine rings is 1. The molecule has 8 heteroatoms. The lowest BCUT2D eigenvalue weighted by Crippen LogP contribution is -2.52. The van der Waals surface area contributed by atoms with Crippen LogP contribution < -0.4 is 10.1 Å². The number of nitrogens with one attached hydrogen (secondary N) is 1. The Bertz CT molecular complexity index is 1050. The van der Waals surface area contributed by atoms with Crippen LogP contribution in [0.2, 0.25) is 0 Å². The van der Waals surface area contributed by atoms with Crippen LogP contribution in [0.3, 0.4) is 0 Å². The van der Waals surface area contributed by atoms with Crippen molar-refractivity contribution in [3.05, 3.63) is 71.8 Å². The first kappa shape index (κ1) is 26.9. The lowest BCUT2D eigenvalue weighted by atomic mass is 9.89. The molecule has 2 aliphatic heterocycles. The maximum atomic E-state index is 13.6. The van der Waals surface area contributed by atoms with Gasteiger partial charge in [0.25, 0.3) is 5.91 Å². The smallest absolute Gasteiger partial charge is 0.252 e. The van der Waals surface area contributed by atoms with Gasteiger partial charge in [-0.2, -0.15) is 0 Å². The van der Waals surface area contributed by atoms with Crippen LogP contribution in [0.1, 0.15) is 30.9 Å². The maximum absolute atomic E-state index is 13.6. The van der Waals surface area contributed by atoms with Crippen LogP contribution in [0.15, 0.2) is 65.7 Å². The lowest BCUT2D eigenvalue weighted by molar-refractivity contribution is -0.128. The zero-order valence-electron chi connectivity index (χ0n) is 21.5. The first-order chi connectivity index (χ1) is 18.1. The van der Waals surface area contributed by atoms with Gasteiger partial charge in [-0.3, -0.25) is 9.69 Å². The summed E-state index contributed by atoms with van der Waals surface area (Å²) < 4.78 is 17.2. The standard InChI is InChI=1S/C29H37N3O5/c1-23-29(14-5-9-24-7-3-2-4-8-24,28(34)30-15-16-32-17-21-35-22-18-32)31-27(37-23)25-10-12-26(13-11-25)36-20-6-19-33/h2-5,7-13,23,33H,6,14-22H2,1H3,(H,30,34)/b9-5+/t23-,29-/m1/s1. The lowest BCUT2D eigenvalue weighted by Gasteiger charge is -2.29. The van der Waals surface area contributed by atoms with Crippen molar-refractivity contribution in [1.29, 1.82) is 0 Å². The van der Waals surface area contributed by atoms with Gasteiger partial charge >= 0.3 is 0 Å². The largest absolute Gasteiger partial charge is 0.494 e. The second kappa shape index (κ2) is 13.4. The van der Waals surface area contributed by atoms with Crippen molar-refractivity contribution in [2.75, 3.05) is 52.6 Å². The number of ether oxygens (including phenoxy) is 3. The van der Waals surface area contributed by atoms with Crippen molar-refractivity contribution in [2.24, 2.45) is 4.99 Å². The van der Waals surface area contributed by atoms with E-state index in [9.17, 15) is 4.79 Å². The molecule has 0 spiro atoms. The van der Waals surface area contributed by atoms with Gasteiger partial charge in [0, 0.05) is 51.2 Å². The average Bonchev–Trinajstić information content (AvgIpc) is 3.27. The number of carbonyl (C=O) groups is 1. The Morgan fingerprint density at radius 2 is 1.95 bits per heavy atom. The summed E-state index contributed by atoms with van der Waals surface area (Å²) in [6.07, 6.45) is 4.57. The molecule has 2 aromatic carbocycles. The second-order valence-electron chi connectivity index (χ2n) is 9.28. The second-order valence-corrected chi connectivity index (χ2v) is 9.28. The van der Waals surface area contributed by atoms with Gasteiger partial charge in [-0.1, -0.05) is 42.5 Å². The first-order valence-corrected chi connectivity index (χ1v) is 13.0. The molecule has 4 rings (SSSR count). The van der Waals surface area contributed by atoms with Crippen LogP contribution in [0.25, 0.3) is 6.08 Å². The predicted octanol–water partition coefficient (Wildman–Crippen LogP) is 2.90. The van der Waals surface area contributed by atoms with Gasteiger partial charge in [0.2, 0.25) is 5.90 Å². The number of carbonyl (C=O) groups excluding carboxylic acids is 1. The van der Waals surface area contributed by atoms with E-state index in [0.29, 0.717) is 37.6 Å². The van der Waals surface area contributed by atoms with Crippen LogP contribution in [0.4, 0.5) is 0 Å². The Kier molecular flexibility index (Phi) is 9.71. The highest BCUT2D eigenvalue weighted by Crippen LogP contribution is 2.33. The van der Waals surface area contributed by atoms with Gasteiger partial charge in [0.1, 0.15) is 11.9 Å². The SMILES string of the molecule is C[C@H]1OC(c2ccc(OCCCO)cc2)=N[C@@]1(C/C=C/c1ccccc1)C(=O)NCCN1CCOCC1. The summed E-state index contributed by atoms with van der Waals surface area (Å²) in [4.78, 5) is 20.8. The molecular formula is C29H37N3O5. The minimum Gasteiger partial charge on any atom is -0.494 e. The van der Waals surface area contributed by atoms with Gasteiger partial charge < -0.3 is 24.6 Å². The van der Waals surface area contributed by atoms with Crippen molar-refractivity contribution in [3.8, 4) is 5.75 Å². The third-order valence-electron chi connectivity index (χ3n) is 6.68. The number of aliphatic imine (C=N–C) groups is 1. The third-order valence-corrected chi connectivity index (χ3v) is 6.68. The fourth-order valence-corrected chi connectivity index (χ4v) is 4.43. The summed E-state index contributed by atoms with van der Waals surface area (Å²) in [6, 6.07) is 17.5. The van der Waals surface area contributed by atoms with Crippen molar-refractivity contribution in [1.82, 2.24) is 10.2 Å². The number of hydrogen-bond donors (Lipinski definition) is 2. The molecule has 2 heterocycles. The topological polar surface area (TPSA) is 92.6 Å². The number of aliphatic hydroxyl groups is 1. The Balaban J connectivity index is 1.49. The fourth-order valence-electron chi connectivity index (χ4n) is 4.43. The molecule has 1 fully saturated rings. The monoisotopic (exact) mass is 507 g/mol. The van der Waals surface area contributed by atoms with Crippen molar-refractivity contribution < 1.29 is 24.1 Å².